The molecule has 3 aromatic carbocycles. The summed E-state index contributed by atoms with van der Waals surface area (Å²) < 4.78 is 9.19. The van der Waals surface area contributed by atoms with Crippen LogP contribution in [-0.2, 0) is 60.6 Å². The van der Waals surface area contributed by atoms with Crippen molar-refractivity contribution in [3.63, 3.8) is 0 Å². The lowest BCUT2D eigenvalue weighted by Gasteiger charge is -2.34. The highest BCUT2D eigenvalue weighted by molar-refractivity contribution is 7.90. The molecule has 3 aliphatic rings. The fraction of sp³-hybridized carbons (Fsp3) is 0.527. The molecular formula is C55H74N8O20S. The van der Waals surface area contributed by atoms with Gasteiger partial charge in [-0.3, -0.25) is 38.4 Å². The Bertz CT molecular complexity index is 2780. The molecule has 3 aromatic rings. The lowest BCUT2D eigenvalue weighted by atomic mass is 9.96. The number of phenolic OH excluding ortho intramolecular Hbond substituents is 1. The Morgan fingerprint density at radius 1 is 0.762 bits per heavy atom. The summed E-state index contributed by atoms with van der Waals surface area (Å²) in [7, 11) is 0. The molecule has 0 radical (unpaired) electrons. The highest BCUT2D eigenvalue weighted by Crippen LogP contribution is 2.34. The van der Waals surface area contributed by atoms with Gasteiger partial charge in [0, 0.05) is 44.8 Å². The molecule has 3 heterocycles. The Morgan fingerprint density at radius 3 is 2.00 bits per heavy atom. The van der Waals surface area contributed by atoms with Crippen LogP contribution in [0.3, 0.4) is 0 Å². The fourth-order valence-corrected chi connectivity index (χ4v) is 10.5. The van der Waals surface area contributed by atoms with Crippen molar-refractivity contribution >= 4 is 59.6 Å². The van der Waals surface area contributed by atoms with Crippen molar-refractivity contribution in [3.05, 3.63) is 83.4 Å². The number of carbonyl (C=O) groups excluding carboxylic acids is 8. The normalized spacial score (nSPS) is 26.3. The van der Waals surface area contributed by atoms with E-state index in [-0.39, 0.29) is 30.7 Å². The maximum Gasteiger partial charge on any atom is 0.261 e. The average Bonchev–Trinajstić information content (AvgIpc) is 3.14. The monoisotopic (exact) mass is 1200 g/mol. The Labute approximate surface area is 487 Å². The maximum atomic E-state index is 14.6. The number of fused-ring (bicyclic) bond motifs is 2. The largest absolute Gasteiger partial charge is 0.504 e. The number of phenols is 1. The van der Waals surface area contributed by atoms with E-state index in [0.29, 0.717) is 0 Å². The van der Waals surface area contributed by atoms with E-state index in [2.05, 4.69) is 55.0 Å². The number of hydrogen-bond donors (Lipinski definition) is 15. The molecule has 14 unspecified atom stereocenters. The molecule has 0 saturated carbocycles. The van der Waals surface area contributed by atoms with Gasteiger partial charge in [-0.2, -0.15) is 0 Å². The lowest BCUT2D eigenvalue weighted by molar-refractivity contribution is -0.433. The third-order valence-corrected chi connectivity index (χ3v) is 15.3. The lowest BCUT2D eigenvalue weighted by Crippen LogP contribution is -2.64. The number of carbonyl (C=O) groups is 8. The van der Waals surface area contributed by atoms with Crippen LogP contribution >= 0.6 is 12.3 Å². The van der Waals surface area contributed by atoms with Crippen LogP contribution in [0, 0.1) is 5.92 Å². The van der Waals surface area contributed by atoms with Gasteiger partial charge < -0.3 is 87.2 Å². The fourth-order valence-electron chi connectivity index (χ4n) is 10.3. The van der Waals surface area contributed by atoms with Crippen molar-refractivity contribution in [2.24, 2.45) is 11.7 Å². The van der Waals surface area contributed by atoms with Gasteiger partial charge in [0.2, 0.25) is 47.3 Å². The van der Waals surface area contributed by atoms with Gasteiger partial charge in [0.15, 0.2) is 11.5 Å². The van der Waals surface area contributed by atoms with E-state index >= 15 is 0 Å². The summed E-state index contributed by atoms with van der Waals surface area (Å²) in [5.41, 5.74) is 8.98. The number of benzene rings is 3. The quantitative estimate of drug-likeness (QED) is 0.0247. The average molecular weight is 1200 g/mol. The zero-order chi connectivity index (χ0) is 61.5. The van der Waals surface area contributed by atoms with Crippen LogP contribution in [0.4, 0.5) is 0 Å². The number of β-amino-alcohol motifs (C(OH)–C–C–N with tert-alkyl or cyclic N) is 1. The van der Waals surface area contributed by atoms with E-state index in [9.17, 15) is 79.2 Å². The molecule has 14 atom stereocenters. The first-order valence-electron chi connectivity index (χ1n) is 27.4. The van der Waals surface area contributed by atoms with E-state index in [4.69, 9.17) is 15.2 Å². The van der Waals surface area contributed by atoms with E-state index in [1.54, 1.807) is 0 Å². The topological polar surface area (TPSA) is 439 Å². The molecule has 29 heteroatoms. The SMILES string of the molecule is CCCCCc1ccc(-c2ccc(CCC(=O)NC3CC(O)CNC(=O)C4C(O)C(C)CN4C(=O)C(C(O)CC(N)=O)NC(=O)C(C(O)C(O)c4ccc(O)c(OSOOO)c4)NC(=O)C4CC(O)CN4C(=O)C(C(C)O)NC3=O)cc2)cc1. The van der Waals surface area contributed by atoms with E-state index in [0.717, 1.165) is 77.3 Å². The van der Waals surface area contributed by atoms with E-state index in [1.807, 2.05) is 36.4 Å². The van der Waals surface area contributed by atoms with Crippen molar-refractivity contribution in [1.29, 1.82) is 0 Å². The number of nitrogens with two attached hydrogens (primary N) is 1. The van der Waals surface area contributed by atoms with Gasteiger partial charge >= 0.3 is 0 Å². The number of aliphatic hydroxyl groups excluding tert-OH is 7. The molecule has 0 bridgehead atoms. The van der Waals surface area contributed by atoms with Gasteiger partial charge in [-0.05, 0) is 66.1 Å². The number of unbranched alkanes of at least 4 members (excludes halogenated alkanes) is 2. The molecule has 16 N–H and O–H groups in total. The predicted octanol–water partition coefficient (Wildman–Crippen LogP) is -2.21. The van der Waals surface area contributed by atoms with Crippen molar-refractivity contribution in [2.45, 2.75) is 158 Å². The number of primary amides is 1. The van der Waals surface area contributed by atoms with Crippen LogP contribution < -0.4 is 36.5 Å². The van der Waals surface area contributed by atoms with Crippen LogP contribution in [0.1, 0.15) is 88.5 Å². The molecule has 3 fully saturated rings. The molecule has 28 nitrogen and oxygen atoms in total. The zero-order valence-electron chi connectivity index (χ0n) is 46.3. The number of nitrogens with zero attached hydrogens (tertiary/aromatic N) is 2. The minimum Gasteiger partial charge on any atom is -0.504 e. The second-order valence-corrected chi connectivity index (χ2v) is 21.7. The summed E-state index contributed by atoms with van der Waals surface area (Å²) in [6, 6.07) is 6.68. The molecule has 3 saturated heterocycles. The summed E-state index contributed by atoms with van der Waals surface area (Å²) in [6.07, 6.45) is -11.5. The number of aryl methyl sites for hydroxylation is 2. The molecule has 84 heavy (non-hydrogen) atoms. The first-order valence-corrected chi connectivity index (χ1v) is 28.1. The van der Waals surface area contributed by atoms with Crippen molar-refractivity contribution in [3.8, 4) is 22.6 Å². The number of nitrogens with one attached hydrogen (secondary N) is 5. The predicted molar refractivity (Wildman–Crippen MR) is 295 cm³/mol. The van der Waals surface area contributed by atoms with Gasteiger partial charge in [-0.15, -0.1) is 0 Å². The van der Waals surface area contributed by atoms with Gasteiger partial charge in [-0.25, -0.2) is 5.26 Å². The highest BCUT2D eigenvalue weighted by atomic mass is 32.2. The molecule has 8 amide bonds. The summed E-state index contributed by atoms with van der Waals surface area (Å²) in [5.74, 6) is -11.5. The molecule has 0 aliphatic carbocycles. The first-order chi connectivity index (χ1) is 39.9. The minimum atomic E-state index is -2.51. The number of hydrogen-bond acceptors (Lipinski definition) is 21. The second-order valence-electron chi connectivity index (χ2n) is 21.3. The van der Waals surface area contributed by atoms with Crippen molar-refractivity contribution in [2.75, 3.05) is 19.6 Å². The third kappa shape index (κ3) is 17.3. The van der Waals surface area contributed by atoms with Crippen LogP contribution in [0.25, 0.3) is 11.1 Å². The number of rotatable bonds is 20. The summed E-state index contributed by atoms with van der Waals surface area (Å²) in [4.78, 5) is 114. The van der Waals surface area contributed by atoms with Crippen LogP contribution in [-0.4, -0.2) is 196 Å². The molecule has 0 spiro atoms. The highest BCUT2D eigenvalue weighted by Gasteiger charge is 2.50. The summed E-state index contributed by atoms with van der Waals surface area (Å²) in [6.45, 7) is 2.95. The zero-order valence-corrected chi connectivity index (χ0v) is 47.1. The Kier molecular flexibility index (Phi) is 24.1. The first kappa shape index (κ1) is 66.1. The molecule has 6 rings (SSSR count). The maximum absolute atomic E-state index is 14.6. The second kappa shape index (κ2) is 30.7. The Morgan fingerprint density at radius 2 is 1.38 bits per heavy atom. The number of amides is 8. The van der Waals surface area contributed by atoms with Crippen LogP contribution in [0.2, 0.25) is 0 Å². The van der Waals surface area contributed by atoms with Gasteiger partial charge in [0.05, 0.1) is 36.9 Å². The van der Waals surface area contributed by atoms with Gasteiger partial charge in [0.1, 0.15) is 48.5 Å². The number of aliphatic hydroxyl groups is 7. The molecule has 460 valence electrons. The van der Waals surface area contributed by atoms with Gasteiger partial charge in [-0.1, -0.05) is 90.7 Å². The Balaban J connectivity index is 1.32. The minimum absolute atomic E-state index is 0.0172. The smallest absolute Gasteiger partial charge is 0.261 e. The standard InChI is InChI=1S/C55H74N8O20S/c1-4-5-6-7-29-8-13-31(14-9-29)32-15-10-30(11-16-32)12-19-42(70)58-36-21-34(65)24-57-53(77)46-47(71)27(2)25-63(46)55(79)44(39(68)23-41(56)69)60-52(76)45(49(73)48(72)33-17-18-38(67)40(20-33)81-84-83-82-80)61-51(75)37-22-35(66)26-62(37)54(78)43(28(3)64)59-50(36)74/h8-11,13-18,20,27-28,34-37,39,43-49,64-68,71-73,80H,4-7,12,19,21-26H2,1-3H3,(H2,56,69)(H,57,77)(H,58,70)(H,59,74)(H,60,76)(H,61,75). The van der Waals surface area contributed by atoms with E-state index < -0.39 is 183 Å². The van der Waals surface area contributed by atoms with Crippen LogP contribution in [0.5, 0.6) is 11.5 Å². The number of aromatic hydroxyl groups is 1. The summed E-state index contributed by atoms with van der Waals surface area (Å²) in [5, 5.41) is 114. The molecule has 3 aliphatic heterocycles. The van der Waals surface area contributed by atoms with Crippen molar-refractivity contribution in [1.82, 2.24) is 36.4 Å². The van der Waals surface area contributed by atoms with E-state index in [1.165, 1.54) is 12.5 Å². The van der Waals surface area contributed by atoms with Crippen LogP contribution in [0.15, 0.2) is 66.7 Å². The summed E-state index contributed by atoms with van der Waals surface area (Å²) >= 11 is -0.0172. The van der Waals surface area contributed by atoms with Crippen molar-refractivity contribution < 1.29 is 98.0 Å². The third-order valence-electron chi connectivity index (χ3n) is 14.9. The van der Waals surface area contributed by atoms with Gasteiger partial charge in [0.25, 0.3) is 12.3 Å². The molecular weight excluding hydrogens is 1120 g/mol. The molecule has 0 aromatic heterocycles. The Hall–Kier alpha value is -7.03.